The van der Waals surface area contributed by atoms with Crippen molar-refractivity contribution in [3.63, 3.8) is 0 Å². The summed E-state index contributed by atoms with van der Waals surface area (Å²) in [6, 6.07) is 12.5. The van der Waals surface area contributed by atoms with Gasteiger partial charge in [0, 0.05) is 11.3 Å². The highest BCUT2D eigenvalue weighted by Gasteiger charge is 2.16. The van der Waals surface area contributed by atoms with Gasteiger partial charge in [0.1, 0.15) is 5.69 Å². The number of halogens is 2. The smallest absolute Gasteiger partial charge is 0.187 e. The van der Waals surface area contributed by atoms with Crippen molar-refractivity contribution >= 4 is 28.9 Å². The van der Waals surface area contributed by atoms with Crippen molar-refractivity contribution in [3.8, 4) is 17.1 Å². The number of rotatable bonds is 2. The number of nitrogens with zero attached hydrogens (tertiary/aromatic N) is 4. The van der Waals surface area contributed by atoms with E-state index in [2.05, 4.69) is 15.5 Å². The van der Waals surface area contributed by atoms with Gasteiger partial charge in [-0.1, -0.05) is 41.4 Å². The predicted molar refractivity (Wildman–Crippen MR) is 79.0 cm³/mol. The number of hydrogen-bond acceptors (Lipinski definition) is 4. The van der Waals surface area contributed by atoms with E-state index in [4.69, 9.17) is 28.9 Å². The van der Waals surface area contributed by atoms with Gasteiger partial charge in [-0.05, 0) is 34.7 Å². The van der Waals surface area contributed by atoms with Crippen molar-refractivity contribution in [1.82, 2.24) is 20.2 Å². The largest absolute Gasteiger partial charge is 0.399 e. The normalized spacial score (nSPS) is 10.7. The second-order valence-corrected chi connectivity index (χ2v) is 4.92. The highest BCUT2D eigenvalue weighted by molar-refractivity contribution is 6.37. The molecule has 0 radical (unpaired) electrons. The van der Waals surface area contributed by atoms with Gasteiger partial charge < -0.3 is 5.73 Å². The maximum Gasteiger partial charge on any atom is 0.187 e. The van der Waals surface area contributed by atoms with Gasteiger partial charge in [-0.15, -0.1) is 5.10 Å². The molecule has 3 aromatic rings. The fourth-order valence-corrected chi connectivity index (χ4v) is 2.44. The van der Waals surface area contributed by atoms with Crippen molar-refractivity contribution in [2.45, 2.75) is 0 Å². The summed E-state index contributed by atoms with van der Waals surface area (Å²) in [6.45, 7) is 0. The van der Waals surface area contributed by atoms with Crippen LogP contribution in [-0.4, -0.2) is 20.2 Å². The lowest BCUT2D eigenvalue weighted by molar-refractivity contribution is 0.791. The Bertz CT molecular complexity index is 749. The Balaban J connectivity index is 2.21. The standard InChI is InChI=1S/C13H9Cl2N5/c14-10-5-2-6-11(15)12(10)20-13(17-18-19-20)8-3-1-4-9(16)7-8/h1-7H,16H2. The Labute approximate surface area is 124 Å². The van der Waals surface area contributed by atoms with Crippen LogP contribution < -0.4 is 5.73 Å². The number of benzene rings is 2. The molecule has 0 aliphatic heterocycles. The van der Waals surface area contributed by atoms with Crippen molar-refractivity contribution in [3.05, 3.63) is 52.5 Å². The molecule has 1 aromatic heterocycles. The fourth-order valence-electron chi connectivity index (χ4n) is 1.89. The highest BCUT2D eigenvalue weighted by Crippen LogP contribution is 2.30. The molecule has 0 saturated heterocycles. The van der Waals surface area contributed by atoms with Crippen LogP contribution in [0.5, 0.6) is 0 Å². The maximum atomic E-state index is 6.19. The van der Waals surface area contributed by atoms with E-state index in [-0.39, 0.29) is 0 Å². The molecule has 3 rings (SSSR count). The quantitative estimate of drug-likeness (QED) is 0.738. The summed E-state index contributed by atoms with van der Waals surface area (Å²) in [5.41, 5.74) is 7.73. The summed E-state index contributed by atoms with van der Waals surface area (Å²) in [5.74, 6) is 0.521. The molecule has 0 saturated carbocycles. The summed E-state index contributed by atoms with van der Waals surface area (Å²) >= 11 is 12.4. The molecule has 0 atom stereocenters. The maximum absolute atomic E-state index is 6.19. The van der Waals surface area contributed by atoms with Gasteiger partial charge in [-0.3, -0.25) is 0 Å². The van der Waals surface area contributed by atoms with Crippen LogP contribution >= 0.6 is 23.2 Å². The topological polar surface area (TPSA) is 69.6 Å². The number of para-hydroxylation sites is 1. The molecule has 1 heterocycles. The van der Waals surface area contributed by atoms with Crippen LogP contribution in [0.1, 0.15) is 0 Å². The number of anilines is 1. The van der Waals surface area contributed by atoms with E-state index in [9.17, 15) is 0 Å². The van der Waals surface area contributed by atoms with Crippen molar-refractivity contribution in [2.75, 3.05) is 5.73 Å². The summed E-state index contributed by atoms with van der Waals surface area (Å²) in [6.07, 6.45) is 0. The van der Waals surface area contributed by atoms with Crippen LogP contribution in [0.4, 0.5) is 5.69 Å². The second-order valence-electron chi connectivity index (χ2n) is 4.11. The summed E-state index contributed by atoms with van der Waals surface area (Å²) in [4.78, 5) is 0. The minimum Gasteiger partial charge on any atom is -0.399 e. The molecule has 20 heavy (non-hydrogen) atoms. The SMILES string of the molecule is Nc1cccc(-c2nnnn2-c2c(Cl)cccc2Cl)c1. The van der Waals surface area contributed by atoms with Gasteiger partial charge in [-0.2, -0.15) is 4.68 Å². The third-order valence-corrected chi connectivity index (χ3v) is 3.37. The molecule has 0 bridgehead atoms. The van der Waals surface area contributed by atoms with Crippen molar-refractivity contribution < 1.29 is 0 Å². The number of tetrazole rings is 1. The molecule has 0 fully saturated rings. The summed E-state index contributed by atoms with van der Waals surface area (Å²) in [7, 11) is 0. The minimum absolute atomic E-state index is 0.468. The first-order chi connectivity index (χ1) is 9.66. The number of nitrogen functional groups attached to an aromatic ring is 1. The Hall–Kier alpha value is -2.11. The predicted octanol–water partition coefficient (Wildman–Crippen LogP) is 3.22. The molecule has 0 aliphatic carbocycles. The summed E-state index contributed by atoms with van der Waals surface area (Å²) < 4.78 is 1.50. The zero-order valence-electron chi connectivity index (χ0n) is 10.2. The number of aromatic nitrogens is 4. The first kappa shape index (κ1) is 12.9. The van der Waals surface area contributed by atoms with Crippen LogP contribution in [0.3, 0.4) is 0 Å². The Morgan fingerprint density at radius 2 is 1.70 bits per heavy atom. The molecular formula is C13H9Cl2N5. The Morgan fingerprint density at radius 1 is 1.00 bits per heavy atom. The van der Waals surface area contributed by atoms with Crippen molar-refractivity contribution in [1.29, 1.82) is 0 Å². The molecule has 5 nitrogen and oxygen atoms in total. The Kier molecular flexibility index (Phi) is 3.30. The van der Waals surface area contributed by atoms with Gasteiger partial charge in [-0.25, -0.2) is 0 Å². The zero-order chi connectivity index (χ0) is 14.1. The molecule has 2 N–H and O–H groups in total. The molecule has 0 amide bonds. The van der Waals surface area contributed by atoms with E-state index in [0.29, 0.717) is 27.2 Å². The van der Waals surface area contributed by atoms with E-state index >= 15 is 0 Å². The molecule has 0 aliphatic rings. The van der Waals surface area contributed by atoms with Gasteiger partial charge in [0.25, 0.3) is 0 Å². The molecule has 7 heteroatoms. The lowest BCUT2D eigenvalue weighted by Crippen LogP contribution is -2.02. The molecular weight excluding hydrogens is 297 g/mol. The van der Waals surface area contributed by atoms with Gasteiger partial charge >= 0.3 is 0 Å². The van der Waals surface area contributed by atoms with E-state index in [1.807, 2.05) is 12.1 Å². The first-order valence-corrected chi connectivity index (χ1v) is 6.51. The molecule has 100 valence electrons. The highest BCUT2D eigenvalue weighted by atomic mass is 35.5. The summed E-state index contributed by atoms with van der Waals surface area (Å²) in [5, 5.41) is 12.6. The van der Waals surface area contributed by atoms with Crippen LogP contribution in [0.25, 0.3) is 17.1 Å². The monoisotopic (exact) mass is 305 g/mol. The lowest BCUT2D eigenvalue weighted by Gasteiger charge is -2.08. The van der Waals surface area contributed by atoms with Gasteiger partial charge in [0.15, 0.2) is 5.82 Å². The van der Waals surface area contributed by atoms with E-state index in [0.717, 1.165) is 5.56 Å². The third kappa shape index (κ3) is 2.21. The number of nitrogens with two attached hydrogens (primary N) is 1. The number of hydrogen-bond donors (Lipinski definition) is 1. The minimum atomic E-state index is 0.468. The van der Waals surface area contributed by atoms with Crippen LogP contribution in [0, 0.1) is 0 Å². The second kappa shape index (κ2) is 5.11. The molecule has 2 aromatic carbocycles. The van der Waals surface area contributed by atoms with Crippen molar-refractivity contribution in [2.24, 2.45) is 0 Å². The van der Waals surface area contributed by atoms with E-state index < -0.39 is 0 Å². The third-order valence-electron chi connectivity index (χ3n) is 2.76. The Morgan fingerprint density at radius 3 is 2.40 bits per heavy atom. The van der Waals surface area contributed by atoms with E-state index in [1.165, 1.54) is 4.68 Å². The van der Waals surface area contributed by atoms with Gasteiger partial charge in [0.2, 0.25) is 0 Å². The molecule has 0 spiro atoms. The average molecular weight is 306 g/mol. The molecule has 0 unspecified atom stereocenters. The zero-order valence-corrected chi connectivity index (χ0v) is 11.7. The van der Waals surface area contributed by atoms with Crippen LogP contribution in [0.15, 0.2) is 42.5 Å². The van der Waals surface area contributed by atoms with Gasteiger partial charge in [0.05, 0.1) is 10.0 Å². The van der Waals surface area contributed by atoms with Crippen LogP contribution in [0.2, 0.25) is 10.0 Å². The van der Waals surface area contributed by atoms with E-state index in [1.54, 1.807) is 30.3 Å². The fraction of sp³-hybridized carbons (Fsp3) is 0. The lowest BCUT2D eigenvalue weighted by atomic mass is 10.2. The average Bonchev–Trinajstić information content (AvgIpc) is 2.87. The first-order valence-electron chi connectivity index (χ1n) is 5.75. The van der Waals surface area contributed by atoms with Crippen LogP contribution in [-0.2, 0) is 0 Å².